The molecule has 0 spiro atoms. The van der Waals surface area contributed by atoms with Gasteiger partial charge in [-0.3, -0.25) is 14.7 Å². The van der Waals surface area contributed by atoms with Crippen molar-refractivity contribution < 1.29 is 13.9 Å². The molecule has 0 radical (unpaired) electrons. The van der Waals surface area contributed by atoms with Gasteiger partial charge in [0.05, 0.1) is 32.0 Å². The number of carbonyl (C=O) groups excluding carboxylic acids is 1. The standard InChI is InChI=1S/C17H27FN6O2.HI/c1-23(2)16(25)13-22-17(20-6-7-24-8-10-26-11-9-24)21-12-15-14(18)4-3-5-19-15;/h3-5H,6-13H2,1-2H3,(H2,20,21,22);1H. The van der Waals surface area contributed by atoms with Gasteiger partial charge in [-0.2, -0.15) is 0 Å². The van der Waals surface area contributed by atoms with Crippen LogP contribution in [0.25, 0.3) is 0 Å². The van der Waals surface area contributed by atoms with Gasteiger partial charge in [0, 0.05) is 46.5 Å². The maximum Gasteiger partial charge on any atom is 0.241 e. The number of hydrogen-bond donors (Lipinski definition) is 2. The molecule has 27 heavy (non-hydrogen) atoms. The lowest BCUT2D eigenvalue weighted by atomic mass is 10.3. The third kappa shape index (κ3) is 8.80. The van der Waals surface area contributed by atoms with Gasteiger partial charge in [-0.1, -0.05) is 0 Å². The highest BCUT2D eigenvalue weighted by molar-refractivity contribution is 14.0. The Labute approximate surface area is 176 Å². The van der Waals surface area contributed by atoms with E-state index in [2.05, 4.69) is 25.5 Å². The Morgan fingerprint density at radius 3 is 2.78 bits per heavy atom. The topological polar surface area (TPSA) is 82.1 Å². The number of hydrogen-bond acceptors (Lipinski definition) is 5. The van der Waals surface area contributed by atoms with Crippen LogP contribution in [0.15, 0.2) is 23.3 Å². The lowest BCUT2D eigenvalue weighted by Crippen LogP contribution is -2.46. The Balaban J connectivity index is 0.00000364. The van der Waals surface area contributed by atoms with E-state index in [4.69, 9.17) is 4.74 Å². The number of aliphatic imine (C=N–C) groups is 1. The molecule has 1 aromatic heterocycles. The second kappa shape index (κ2) is 12.8. The van der Waals surface area contributed by atoms with E-state index in [-0.39, 0.29) is 48.7 Å². The van der Waals surface area contributed by atoms with Crippen LogP contribution >= 0.6 is 24.0 Å². The zero-order valence-electron chi connectivity index (χ0n) is 15.8. The number of likely N-dealkylation sites (N-methyl/N-ethyl adjacent to an activating group) is 1. The molecular formula is C17H28FIN6O2. The first-order valence-electron chi connectivity index (χ1n) is 8.68. The van der Waals surface area contributed by atoms with Crippen LogP contribution in [0, 0.1) is 5.82 Å². The van der Waals surface area contributed by atoms with Crippen LogP contribution in [0.2, 0.25) is 0 Å². The van der Waals surface area contributed by atoms with Gasteiger partial charge in [-0.15, -0.1) is 24.0 Å². The SMILES string of the molecule is CN(C)C(=O)CNC(=NCc1ncccc1F)NCCN1CCOCC1.I. The summed E-state index contributed by atoms with van der Waals surface area (Å²) in [5.41, 5.74) is 0.265. The molecule has 10 heteroatoms. The highest BCUT2D eigenvalue weighted by atomic mass is 127. The van der Waals surface area contributed by atoms with Crippen molar-refractivity contribution in [2.45, 2.75) is 6.54 Å². The summed E-state index contributed by atoms with van der Waals surface area (Å²) < 4.78 is 19.0. The number of ether oxygens (including phenoxy) is 1. The molecule has 0 aliphatic carbocycles. The van der Waals surface area contributed by atoms with Crippen molar-refractivity contribution >= 4 is 35.8 Å². The fourth-order valence-corrected chi connectivity index (χ4v) is 2.34. The average Bonchev–Trinajstić information content (AvgIpc) is 2.65. The molecule has 1 aliphatic heterocycles. The number of morpholine rings is 1. The highest BCUT2D eigenvalue weighted by Crippen LogP contribution is 2.03. The third-order valence-electron chi connectivity index (χ3n) is 3.95. The Bertz CT molecular complexity index is 611. The lowest BCUT2D eigenvalue weighted by Gasteiger charge is -2.26. The van der Waals surface area contributed by atoms with Crippen LogP contribution in [0.5, 0.6) is 0 Å². The second-order valence-electron chi connectivity index (χ2n) is 6.12. The second-order valence-corrected chi connectivity index (χ2v) is 6.12. The minimum absolute atomic E-state index is 0. The lowest BCUT2D eigenvalue weighted by molar-refractivity contribution is -0.127. The number of aromatic nitrogens is 1. The Kier molecular flexibility index (Phi) is 11.1. The first-order valence-corrected chi connectivity index (χ1v) is 8.68. The highest BCUT2D eigenvalue weighted by Gasteiger charge is 2.11. The van der Waals surface area contributed by atoms with Crippen molar-refractivity contribution in [1.29, 1.82) is 0 Å². The Morgan fingerprint density at radius 2 is 2.11 bits per heavy atom. The van der Waals surface area contributed by atoms with E-state index in [9.17, 15) is 9.18 Å². The molecule has 2 rings (SSSR count). The van der Waals surface area contributed by atoms with Crippen LogP contribution in [0.3, 0.4) is 0 Å². The number of rotatable bonds is 7. The number of carbonyl (C=O) groups is 1. The summed E-state index contributed by atoms with van der Waals surface area (Å²) in [6.45, 7) is 5.00. The van der Waals surface area contributed by atoms with E-state index in [0.29, 0.717) is 12.5 Å². The predicted octanol–water partition coefficient (Wildman–Crippen LogP) is 0.294. The van der Waals surface area contributed by atoms with Crippen molar-refractivity contribution in [2.75, 3.05) is 60.0 Å². The number of nitrogens with zero attached hydrogens (tertiary/aromatic N) is 4. The number of halogens is 2. The largest absolute Gasteiger partial charge is 0.379 e. The fraction of sp³-hybridized carbons (Fsp3) is 0.588. The predicted molar refractivity (Wildman–Crippen MR) is 113 cm³/mol. The number of pyridine rings is 1. The molecule has 1 aliphatic rings. The molecule has 1 amide bonds. The van der Waals surface area contributed by atoms with Crippen LogP contribution < -0.4 is 10.6 Å². The quantitative estimate of drug-likeness (QED) is 0.323. The summed E-state index contributed by atoms with van der Waals surface area (Å²) in [6, 6.07) is 2.89. The van der Waals surface area contributed by atoms with Crippen LogP contribution in [-0.2, 0) is 16.1 Å². The van der Waals surface area contributed by atoms with Crippen molar-refractivity contribution in [3.63, 3.8) is 0 Å². The molecule has 0 saturated carbocycles. The molecule has 1 saturated heterocycles. The van der Waals surface area contributed by atoms with E-state index < -0.39 is 5.82 Å². The van der Waals surface area contributed by atoms with E-state index >= 15 is 0 Å². The van der Waals surface area contributed by atoms with Crippen LogP contribution in [0.1, 0.15) is 5.69 Å². The van der Waals surface area contributed by atoms with Gasteiger partial charge < -0.3 is 20.3 Å². The maximum atomic E-state index is 13.7. The summed E-state index contributed by atoms with van der Waals surface area (Å²) in [4.78, 5) is 23.9. The van der Waals surface area contributed by atoms with E-state index in [1.165, 1.54) is 23.2 Å². The zero-order chi connectivity index (χ0) is 18.8. The van der Waals surface area contributed by atoms with Gasteiger partial charge in [-0.05, 0) is 12.1 Å². The number of guanidine groups is 1. The minimum Gasteiger partial charge on any atom is -0.379 e. The molecule has 0 bridgehead atoms. The summed E-state index contributed by atoms with van der Waals surface area (Å²) >= 11 is 0. The van der Waals surface area contributed by atoms with Gasteiger partial charge in [0.25, 0.3) is 0 Å². The number of amides is 1. The van der Waals surface area contributed by atoms with Gasteiger partial charge >= 0.3 is 0 Å². The van der Waals surface area contributed by atoms with Crippen molar-refractivity contribution in [3.8, 4) is 0 Å². The molecule has 8 nitrogen and oxygen atoms in total. The van der Waals surface area contributed by atoms with Gasteiger partial charge in [0.1, 0.15) is 5.82 Å². The molecule has 2 N–H and O–H groups in total. The summed E-state index contributed by atoms with van der Waals surface area (Å²) in [6.07, 6.45) is 1.53. The molecule has 0 unspecified atom stereocenters. The molecule has 0 aromatic carbocycles. The molecular weight excluding hydrogens is 466 g/mol. The van der Waals surface area contributed by atoms with Crippen molar-refractivity contribution in [2.24, 2.45) is 4.99 Å². The van der Waals surface area contributed by atoms with Crippen LogP contribution in [0.4, 0.5) is 4.39 Å². The van der Waals surface area contributed by atoms with Gasteiger partial charge in [0.2, 0.25) is 5.91 Å². The molecule has 152 valence electrons. The Hall–Kier alpha value is -1.53. The first kappa shape index (κ1) is 23.5. The van der Waals surface area contributed by atoms with Crippen LogP contribution in [-0.4, -0.2) is 86.7 Å². The van der Waals surface area contributed by atoms with Gasteiger partial charge in [-0.25, -0.2) is 9.38 Å². The molecule has 1 aromatic rings. The monoisotopic (exact) mass is 494 g/mol. The van der Waals surface area contributed by atoms with E-state index in [1.54, 1.807) is 14.1 Å². The van der Waals surface area contributed by atoms with Crippen molar-refractivity contribution in [1.82, 2.24) is 25.4 Å². The first-order chi connectivity index (χ1) is 12.6. The molecule has 1 fully saturated rings. The smallest absolute Gasteiger partial charge is 0.241 e. The zero-order valence-corrected chi connectivity index (χ0v) is 18.1. The van der Waals surface area contributed by atoms with E-state index in [0.717, 1.165) is 32.8 Å². The average molecular weight is 494 g/mol. The fourth-order valence-electron chi connectivity index (χ4n) is 2.34. The molecule has 2 heterocycles. The summed E-state index contributed by atoms with van der Waals surface area (Å²) in [7, 11) is 3.38. The normalized spacial score (nSPS) is 15.0. The summed E-state index contributed by atoms with van der Waals surface area (Å²) in [5.74, 6) is -0.0107. The maximum absolute atomic E-state index is 13.7. The molecule has 0 atom stereocenters. The summed E-state index contributed by atoms with van der Waals surface area (Å²) in [5, 5.41) is 6.17. The number of nitrogens with one attached hydrogen (secondary N) is 2. The van der Waals surface area contributed by atoms with E-state index in [1.807, 2.05) is 0 Å². The van der Waals surface area contributed by atoms with Crippen molar-refractivity contribution in [3.05, 3.63) is 29.8 Å². The minimum atomic E-state index is -0.395. The third-order valence-corrected chi connectivity index (χ3v) is 3.95. The Morgan fingerprint density at radius 1 is 1.37 bits per heavy atom. The van der Waals surface area contributed by atoms with Gasteiger partial charge in [0.15, 0.2) is 5.96 Å².